The predicted molar refractivity (Wildman–Crippen MR) is 125 cm³/mol. The molecular weight excluding hydrogens is 440 g/mol. The summed E-state index contributed by atoms with van der Waals surface area (Å²) >= 11 is 1.14. The maximum Gasteiger partial charge on any atom is 0.265 e. The minimum absolute atomic E-state index is 0.0351. The van der Waals surface area contributed by atoms with Crippen LogP contribution < -0.4 is 10.6 Å². The highest BCUT2D eigenvalue weighted by Crippen LogP contribution is 2.22. The first-order valence-electron chi connectivity index (χ1n) is 11.0. The summed E-state index contributed by atoms with van der Waals surface area (Å²) in [7, 11) is 0. The summed E-state index contributed by atoms with van der Waals surface area (Å²) < 4.78 is 1.46. The number of hydrogen-bond acceptors (Lipinski definition) is 7. The molecule has 0 atom stereocenters. The minimum atomic E-state index is -0.322. The Labute approximate surface area is 195 Å². The van der Waals surface area contributed by atoms with E-state index in [4.69, 9.17) is 0 Å². The van der Waals surface area contributed by atoms with E-state index in [-0.39, 0.29) is 24.1 Å². The van der Waals surface area contributed by atoms with E-state index >= 15 is 0 Å². The fourth-order valence-electron chi connectivity index (χ4n) is 3.83. The van der Waals surface area contributed by atoms with Crippen LogP contribution in [0.25, 0.3) is 0 Å². The van der Waals surface area contributed by atoms with E-state index in [2.05, 4.69) is 25.7 Å². The molecule has 3 heterocycles. The maximum atomic E-state index is 12.3. The molecule has 0 spiro atoms. The van der Waals surface area contributed by atoms with Crippen LogP contribution in [0.2, 0.25) is 0 Å². The summed E-state index contributed by atoms with van der Waals surface area (Å²) in [5.41, 5.74) is 3.96. The van der Waals surface area contributed by atoms with E-state index in [1.54, 1.807) is 18.3 Å². The van der Waals surface area contributed by atoms with Gasteiger partial charge >= 0.3 is 0 Å². The zero-order valence-electron chi connectivity index (χ0n) is 18.7. The molecule has 1 aliphatic carbocycles. The zero-order valence-corrected chi connectivity index (χ0v) is 19.5. The Morgan fingerprint density at radius 2 is 1.91 bits per heavy atom. The molecule has 0 saturated carbocycles. The Kier molecular flexibility index (Phi) is 6.93. The lowest BCUT2D eigenvalue weighted by atomic mass is 9.95. The normalized spacial score (nSPS) is 12.8. The van der Waals surface area contributed by atoms with Crippen LogP contribution >= 0.6 is 11.3 Å². The molecule has 3 aromatic rings. The number of amides is 2. The number of thiophene rings is 1. The lowest BCUT2D eigenvalue weighted by Gasteiger charge is -2.17. The van der Waals surface area contributed by atoms with Gasteiger partial charge in [0, 0.05) is 30.6 Å². The van der Waals surface area contributed by atoms with Crippen LogP contribution in [0, 0.1) is 6.92 Å². The van der Waals surface area contributed by atoms with Crippen molar-refractivity contribution in [1.82, 2.24) is 25.1 Å². The maximum absolute atomic E-state index is 12.3. The molecule has 10 heteroatoms. The standard InChI is InChI=1S/C23H26N6O3S/c1-14-17-5-3-4-6-18(17)28-21(26-14)9-10-24-22(31)13-29-12-16(11-25-29)27-23(32)20-8-7-19(33-20)15(2)30/h7-8,11-12H,3-6,9-10,13H2,1-2H3,(H,24,31)(H,27,32). The molecule has 0 aliphatic heterocycles. The smallest absolute Gasteiger partial charge is 0.265 e. The van der Waals surface area contributed by atoms with Crippen LogP contribution in [0.5, 0.6) is 0 Å². The Morgan fingerprint density at radius 3 is 2.70 bits per heavy atom. The summed E-state index contributed by atoms with van der Waals surface area (Å²) in [5, 5.41) is 9.73. The van der Waals surface area contributed by atoms with Crippen molar-refractivity contribution in [2.75, 3.05) is 11.9 Å². The van der Waals surface area contributed by atoms with E-state index in [0.29, 0.717) is 28.4 Å². The van der Waals surface area contributed by atoms with Crippen molar-refractivity contribution in [1.29, 1.82) is 0 Å². The average Bonchev–Trinajstić information content (AvgIpc) is 3.44. The fraction of sp³-hybridized carbons (Fsp3) is 0.391. The number of nitrogens with zero attached hydrogens (tertiary/aromatic N) is 4. The number of anilines is 1. The van der Waals surface area contributed by atoms with Gasteiger partial charge in [-0.15, -0.1) is 11.3 Å². The molecule has 0 unspecified atom stereocenters. The number of ketones is 1. The molecular formula is C23H26N6O3S. The lowest BCUT2D eigenvalue weighted by molar-refractivity contribution is -0.121. The molecule has 33 heavy (non-hydrogen) atoms. The highest BCUT2D eigenvalue weighted by atomic mass is 32.1. The van der Waals surface area contributed by atoms with Gasteiger partial charge in [-0.2, -0.15) is 5.10 Å². The number of carbonyl (C=O) groups excluding carboxylic acids is 3. The van der Waals surface area contributed by atoms with Gasteiger partial charge in [0.25, 0.3) is 5.91 Å². The summed E-state index contributed by atoms with van der Waals surface area (Å²) in [6.07, 6.45) is 8.06. The third-order valence-electron chi connectivity index (χ3n) is 5.48. The topological polar surface area (TPSA) is 119 Å². The lowest BCUT2D eigenvalue weighted by Crippen LogP contribution is -2.30. The molecule has 0 radical (unpaired) electrons. The molecule has 1 aliphatic rings. The van der Waals surface area contributed by atoms with Crippen LogP contribution in [0.15, 0.2) is 24.5 Å². The van der Waals surface area contributed by atoms with Crippen molar-refractivity contribution < 1.29 is 14.4 Å². The number of rotatable bonds is 8. The molecule has 0 fully saturated rings. The number of Topliss-reactive ketones (excluding diaryl/α,β-unsaturated/α-hetero) is 1. The van der Waals surface area contributed by atoms with Gasteiger partial charge in [0.1, 0.15) is 12.4 Å². The van der Waals surface area contributed by atoms with Gasteiger partial charge < -0.3 is 10.6 Å². The quantitative estimate of drug-likeness (QED) is 0.493. The van der Waals surface area contributed by atoms with Gasteiger partial charge in [-0.25, -0.2) is 9.97 Å². The monoisotopic (exact) mass is 466 g/mol. The second-order valence-corrected chi connectivity index (χ2v) is 9.14. The minimum Gasteiger partial charge on any atom is -0.354 e. The highest BCUT2D eigenvalue weighted by Gasteiger charge is 2.16. The zero-order chi connectivity index (χ0) is 23.4. The molecule has 9 nitrogen and oxygen atoms in total. The van der Waals surface area contributed by atoms with Gasteiger partial charge in [-0.05, 0) is 57.2 Å². The first-order chi connectivity index (χ1) is 15.9. The third-order valence-corrected chi connectivity index (χ3v) is 6.67. The van der Waals surface area contributed by atoms with Gasteiger partial charge in [0.2, 0.25) is 5.91 Å². The predicted octanol–water partition coefficient (Wildman–Crippen LogP) is 2.74. The largest absolute Gasteiger partial charge is 0.354 e. The second-order valence-electron chi connectivity index (χ2n) is 8.06. The van der Waals surface area contributed by atoms with Gasteiger partial charge in [0.05, 0.1) is 21.6 Å². The molecule has 3 aromatic heterocycles. The Balaban J connectivity index is 1.25. The second kappa shape index (κ2) is 10.0. The van der Waals surface area contributed by atoms with E-state index in [9.17, 15) is 14.4 Å². The number of carbonyl (C=O) groups is 3. The van der Waals surface area contributed by atoms with Gasteiger partial charge in [-0.3, -0.25) is 19.1 Å². The van der Waals surface area contributed by atoms with Crippen molar-refractivity contribution in [2.45, 2.75) is 52.5 Å². The number of fused-ring (bicyclic) bond motifs is 1. The number of aryl methyl sites for hydroxylation is 2. The number of aromatic nitrogens is 4. The van der Waals surface area contributed by atoms with Crippen molar-refractivity contribution in [2.24, 2.45) is 0 Å². The van der Waals surface area contributed by atoms with Crippen LogP contribution in [-0.4, -0.2) is 43.9 Å². The number of hydrogen-bond donors (Lipinski definition) is 2. The third kappa shape index (κ3) is 5.70. The van der Waals surface area contributed by atoms with Crippen LogP contribution in [0.3, 0.4) is 0 Å². The van der Waals surface area contributed by atoms with Gasteiger partial charge in [0.15, 0.2) is 5.78 Å². The van der Waals surface area contributed by atoms with E-state index < -0.39 is 0 Å². The van der Waals surface area contributed by atoms with E-state index in [1.165, 1.54) is 36.2 Å². The molecule has 0 aromatic carbocycles. The van der Waals surface area contributed by atoms with Crippen molar-refractivity contribution >= 4 is 34.6 Å². The summed E-state index contributed by atoms with van der Waals surface area (Å²) in [4.78, 5) is 46.3. The molecule has 0 bridgehead atoms. The van der Waals surface area contributed by atoms with Crippen LogP contribution in [0.4, 0.5) is 5.69 Å². The van der Waals surface area contributed by atoms with Crippen LogP contribution in [-0.2, 0) is 30.6 Å². The first kappa shape index (κ1) is 22.8. The molecule has 172 valence electrons. The molecule has 2 amide bonds. The summed E-state index contributed by atoms with van der Waals surface area (Å²) in [6.45, 7) is 3.97. The van der Waals surface area contributed by atoms with Crippen molar-refractivity contribution in [3.63, 3.8) is 0 Å². The molecule has 2 N–H and O–H groups in total. The Morgan fingerprint density at radius 1 is 1.12 bits per heavy atom. The molecule has 4 rings (SSSR count). The summed E-state index contributed by atoms with van der Waals surface area (Å²) in [6, 6.07) is 3.24. The van der Waals surface area contributed by atoms with Crippen molar-refractivity contribution in [3.8, 4) is 0 Å². The molecule has 0 saturated heterocycles. The number of nitrogens with one attached hydrogen (secondary N) is 2. The Hall–Kier alpha value is -3.40. The SMILES string of the molecule is CC(=O)c1ccc(C(=O)Nc2cnn(CC(=O)NCCc3nc(C)c4c(n3)CCCC4)c2)s1. The average molecular weight is 467 g/mol. The summed E-state index contributed by atoms with van der Waals surface area (Å²) in [5.74, 6) is 0.178. The van der Waals surface area contributed by atoms with Gasteiger partial charge in [-0.1, -0.05) is 0 Å². The fourth-order valence-corrected chi connectivity index (χ4v) is 4.63. The van der Waals surface area contributed by atoms with Crippen molar-refractivity contribution in [3.05, 3.63) is 57.1 Å². The highest BCUT2D eigenvalue weighted by molar-refractivity contribution is 7.16. The van der Waals surface area contributed by atoms with Crippen LogP contribution in [0.1, 0.15) is 61.9 Å². The first-order valence-corrected chi connectivity index (χ1v) is 11.8. The Bertz CT molecular complexity index is 1200. The van der Waals surface area contributed by atoms with E-state index in [0.717, 1.165) is 41.4 Å². The van der Waals surface area contributed by atoms with E-state index in [1.807, 2.05) is 6.92 Å².